The molecule has 1 amide bonds. The van der Waals surface area contributed by atoms with Crippen molar-refractivity contribution in [1.82, 2.24) is 24.3 Å². The number of likely N-dealkylation sites (tertiary alicyclic amines) is 1. The second kappa shape index (κ2) is 7.18. The highest BCUT2D eigenvalue weighted by Crippen LogP contribution is 2.38. The van der Waals surface area contributed by atoms with E-state index in [-0.39, 0.29) is 16.7 Å². The smallest absolute Gasteiger partial charge is 0.246 e. The molecule has 0 bridgehead atoms. The summed E-state index contributed by atoms with van der Waals surface area (Å²) in [7, 11) is -1.62. The zero-order valence-corrected chi connectivity index (χ0v) is 17.7. The quantitative estimate of drug-likeness (QED) is 0.789. The highest BCUT2D eigenvalue weighted by atomic mass is 32.2. The van der Waals surface area contributed by atoms with Gasteiger partial charge < -0.3 is 10.2 Å². The van der Waals surface area contributed by atoms with Gasteiger partial charge in [0.1, 0.15) is 4.90 Å². The molecule has 0 saturated carbocycles. The van der Waals surface area contributed by atoms with Crippen LogP contribution in [0.25, 0.3) is 0 Å². The Labute approximate surface area is 161 Å². The number of nitrogens with one attached hydrogen (secondary N) is 1. The van der Waals surface area contributed by atoms with E-state index in [9.17, 15) is 13.2 Å². The Balaban J connectivity index is 1.90. The van der Waals surface area contributed by atoms with Gasteiger partial charge >= 0.3 is 0 Å². The van der Waals surface area contributed by atoms with Crippen LogP contribution in [0, 0.1) is 18.8 Å². The number of nitrogens with zero attached hydrogens (tertiary/aromatic N) is 4. The SMILES string of the molecule is CC(=O)N[C@@]12CCN(C)C[C@@H]1CN(S(=O)(=O)c1cn(CC(C)C)nc1C)C2. The average molecular weight is 398 g/mol. The van der Waals surface area contributed by atoms with Crippen LogP contribution in [-0.4, -0.2) is 72.1 Å². The molecule has 1 N–H and O–H groups in total. The Morgan fingerprint density at radius 2 is 2.11 bits per heavy atom. The van der Waals surface area contributed by atoms with Crippen LogP contribution in [0.1, 0.15) is 32.9 Å². The minimum Gasteiger partial charge on any atom is -0.349 e. The summed E-state index contributed by atoms with van der Waals surface area (Å²) >= 11 is 0. The Hall–Kier alpha value is -1.45. The average Bonchev–Trinajstić information content (AvgIpc) is 3.07. The van der Waals surface area contributed by atoms with Crippen LogP contribution in [0.3, 0.4) is 0 Å². The molecule has 0 radical (unpaired) electrons. The molecule has 9 heteroatoms. The maximum Gasteiger partial charge on any atom is 0.246 e. The molecule has 152 valence electrons. The summed E-state index contributed by atoms with van der Waals surface area (Å²) < 4.78 is 30.0. The highest BCUT2D eigenvalue weighted by molar-refractivity contribution is 7.89. The van der Waals surface area contributed by atoms with Gasteiger partial charge in [-0.2, -0.15) is 9.40 Å². The molecule has 8 nitrogen and oxygen atoms in total. The van der Waals surface area contributed by atoms with Gasteiger partial charge in [0, 0.05) is 51.8 Å². The summed E-state index contributed by atoms with van der Waals surface area (Å²) in [5, 5.41) is 7.47. The van der Waals surface area contributed by atoms with E-state index >= 15 is 0 Å². The van der Waals surface area contributed by atoms with E-state index in [2.05, 4.69) is 29.2 Å². The minimum absolute atomic E-state index is 0.0842. The van der Waals surface area contributed by atoms with Gasteiger partial charge in [0.25, 0.3) is 0 Å². The predicted molar refractivity (Wildman–Crippen MR) is 103 cm³/mol. The number of carbonyl (C=O) groups is 1. The molecule has 1 aromatic heterocycles. The summed E-state index contributed by atoms with van der Waals surface area (Å²) in [6, 6.07) is 0. The third-order valence-corrected chi connectivity index (χ3v) is 7.55. The molecule has 27 heavy (non-hydrogen) atoms. The number of sulfonamides is 1. The Bertz CT molecular complexity index is 819. The molecule has 2 aliphatic heterocycles. The fourth-order valence-electron chi connectivity index (χ4n) is 4.40. The number of rotatable bonds is 5. The molecule has 3 heterocycles. The Morgan fingerprint density at radius 3 is 2.74 bits per heavy atom. The lowest BCUT2D eigenvalue weighted by atomic mass is 9.80. The number of hydrogen-bond acceptors (Lipinski definition) is 5. The third kappa shape index (κ3) is 3.90. The molecule has 2 fully saturated rings. The standard InChI is InChI=1S/C18H31N5O3S/c1-13(2)8-22-11-17(14(3)20-22)27(25,26)23-10-16-9-21(5)7-6-18(16,12-23)19-15(4)24/h11,13,16H,6-10,12H2,1-5H3,(H,19,24)/t16-,18-/m1/s1. The molecule has 2 saturated heterocycles. The summed E-state index contributed by atoms with van der Waals surface area (Å²) in [6.45, 7) is 10.4. The molecular weight excluding hydrogens is 366 g/mol. The first kappa shape index (κ1) is 20.3. The van der Waals surface area contributed by atoms with Gasteiger partial charge in [-0.05, 0) is 26.3 Å². The van der Waals surface area contributed by atoms with Gasteiger partial charge in [-0.25, -0.2) is 8.42 Å². The first-order valence-corrected chi connectivity index (χ1v) is 11.0. The minimum atomic E-state index is -3.65. The van der Waals surface area contributed by atoms with Crippen LogP contribution in [-0.2, 0) is 21.4 Å². The van der Waals surface area contributed by atoms with Gasteiger partial charge in [-0.15, -0.1) is 0 Å². The van der Waals surface area contributed by atoms with Crippen molar-refractivity contribution in [3.05, 3.63) is 11.9 Å². The van der Waals surface area contributed by atoms with Gasteiger partial charge in [0.15, 0.2) is 0 Å². The Morgan fingerprint density at radius 1 is 1.41 bits per heavy atom. The van der Waals surface area contributed by atoms with Crippen molar-refractivity contribution in [2.24, 2.45) is 11.8 Å². The van der Waals surface area contributed by atoms with Crippen molar-refractivity contribution in [3.8, 4) is 0 Å². The second-order valence-electron chi connectivity index (χ2n) is 8.54. The van der Waals surface area contributed by atoms with Gasteiger partial charge in [-0.1, -0.05) is 13.8 Å². The summed E-state index contributed by atoms with van der Waals surface area (Å²) in [4.78, 5) is 14.3. The van der Waals surface area contributed by atoms with Gasteiger partial charge in [0.05, 0.1) is 11.2 Å². The molecule has 2 aliphatic rings. The topological polar surface area (TPSA) is 87.5 Å². The first-order chi connectivity index (χ1) is 12.5. The molecule has 0 unspecified atom stereocenters. The molecule has 3 rings (SSSR count). The van der Waals surface area contributed by atoms with E-state index in [1.807, 2.05) is 7.05 Å². The number of carbonyl (C=O) groups excluding carboxylic acids is 1. The number of hydrogen-bond donors (Lipinski definition) is 1. The molecule has 0 spiro atoms. The zero-order valence-electron chi connectivity index (χ0n) is 16.9. The zero-order chi connectivity index (χ0) is 20.0. The molecular formula is C18H31N5O3S. The van der Waals surface area contributed by atoms with Crippen molar-refractivity contribution >= 4 is 15.9 Å². The van der Waals surface area contributed by atoms with E-state index in [4.69, 9.17) is 0 Å². The molecule has 2 atom stereocenters. The second-order valence-corrected chi connectivity index (χ2v) is 10.4. The lowest BCUT2D eigenvalue weighted by Crippen LogP contribution is -2.60. The van der Waals surface area contributed by atoms with Gasteiger partial charge in [0.2, 0.25) is 15.9 Å². The lowest BCUT2D eigenvalue weighted by Gasteiger charge is -2.42. The van der Waals surface area contributed by atoms with Crippen molar-refractivity contribution < 1.29 is 13.2 Å². The number of piperidine rings is 1. The fourth-order valence-corrected chi connectivity index (χ4v) is 6.12. The summed E-state index contributed by atoms with van der Waals surface area (Å²) in [5.74, 6) is 0.360. The van der Waals surface area contributed by atoms with E-state index in [0.29, 0.717) is 31.2 Å². The van der Waals surface area contributed by atoms with Crippen molar-refractivity contribution in [2.75, 3.05) is 33.2 Å². The van der Waals surface area contributed by atoms with Crippen molar-refractivity contribution in [1.29, 1.82) is 0 Å². The summed E-state index contributed by atoms with van der Waals surface area (Å²) in [5.41, 5.74) is 0.0454. The number of amides is 1. The van der Waals surface area contributed by atoms with Crippen LogP contribution < -0.4 is 5.32 Å². The lowest BCUT2D eigenvalue weighted by molar-refractivity contribution is -0.121. The number of aromatic nitrogens is 2. The van der Waals surface area contributed by atoms with Crippen LogP contribution in [0.5, 0.6) is 0 Å². The molecule has 0 aliphatic carbocycles. The van der Waals surface area contributed by atoms with Crippen LogP contribution in [0.2, 0.25) is 0 Å². The number of aryl methyl sites for hydroxylation is 1. The van der Waals surface area contributed by atoms with Crippen molar-refractivity contribution in [3.63, 3.8) is 0 Å². The van der Waals surface area contributed by atoms with Crippen molar-refractivity contribution in [2.45, 2.75) is 51.1 Å². The molecule has 1 aromatic rings. The van der Waals surface area contributed by atoms with Gasteiger partial charge in [-0.3, -0.25) is 9.48 Å². The van der Waals surface area contributed by atoms with E-state index in [0.717, 1.165) is 19.5 Å². The van der Waals surface area contributed by atoms with Crippen LogP contribution in [0.4, 0.5) is 0 Å². The van der Waals surface area contributed by atoms with Crippen LogP contribution >= 0.6 is 0 Å². The fraction of sp³-hybridized carbons (Fsp3) is 0.778. The first-order valence-electron chi connectivity index (χ1n) is 9.55. The normalized spacial score (nSPS) is 27.1. The number of fused-ring (bicyclic) bond motifs is 1. The van der Waals surface area contributed by atoms with E-state index in [1.54, 1.807) is 17.8 Å². The Kier molecular flexibility index (Phi) is 5.39. The van der Waals surface area contributed by atoms with E-state index < -0.39 is 15.6 Å². The monoisotopic (exact) mass is 397 g/mol. The maximum atomic E-state index is 13.4. The molecule has 0 aromatic carbocycles. The third-order valence-electron chi connectivity index (χ3n) is 5.63. The maximum absolute atomic E-state index is 13.4. The largest absolute Gasteiger partial charge is 0.349 e. The highest BCUT2D eigenvalue weighted by Gasteiger charge is 2.52. The summed E-state index contributed by atoms with van der Waals surface area (Å²) in [6.07, 6.45) is 2.40. The van der Waals surface area contributed by atoms with Crippen LogP contribution in [0.15, 0.2) is 11.1 Å². The van der Waals surface area contributed by atoms with E-state index in [1.165, 1.54) is 11.2 Å². The predicted octanol–water partition coefficient (Wildman–Crippen LogP) is 0.678.